The Morgan fingerprint density at radius 3 is 2.67 bits per heavy atom. The summed E-state index contributed by atoms with van der Waals surface area (Å²) in [5.74, 6) is -0.237. The zero-order chi connectivity index (χ0) is 8.27. The first kappa shape index (κ1) is 10.9. The predicted molar refractivity (Wildman–Crippen MR) is 49.3 cm³/mol. The predicted octanol–water partition coefficient (Wildman–Crippen LogP) is 1.73. The highest BCUT2D eigenvalue weighted by Gasteiger charge is 1.95. The van der Waals surface area contributed by atoms with Gasteiger partial charge in [0.15, 0.2) is 0 Å². The summed E-state index contributed by atoms with van der Waals surface area (Å²) < 4.78 is 12.5. The third-order valence-electron chi connectivity index (χ3n) is 1.28. The molecule has 1 aromatic rings. The third kappa shape index (κ3) is 3.34. The van der Waals surface area contributed by atoms with Gasteiger partial charge in [-0.2, -0.15) is 0 Å². The van der Waals surface area contributed by atoms with Gasteiger partial charge < -0.3 is 5.73 Å². The summed E-state index contributed by atoms with van der Waals surface area (Å²) >= 11 is 0. The molecule has 66 valence electrons. The SMILES string of the molecule is Cl.N=C(N)Cc1cccc(F)c1. The normalized spacial score (nSPS) is 8.75. The first-order valence-electron chi connectivity index (χ1n) is 3.26. The van der Waals surface area contributed by atoms with Gasteiger partial charge in [-0.05, 0) is 17.7 Å². The fourth-order valence-electron chi connectivity index (χ4n) is 0.867. The molecule has 0 spiro atoms. The number of hydrogen-bond donors (Lipinski definition) is 2. The van der Waals surface area contributed by atoms with Crippen molar-refractivity contribution in [2.75, 3.05) is 0 Å². The fraction of sp³-hybridized carbons (Fsp3) is 0.125. The molecule has 0 aromatic heterocycles. The van der Waals surface area contributed by atoms with E-state index in [1.54, 1.807) is 12.1 Å². The largest absolute Gasteiger partial charge is 0.387 e. The molecule has 0 radical (unpaired) electrons. The lowest BCUT2D eigenvalue weighted by molar-refractivity contribution is 0.626. The Labute approximate surface area is 76.5 Å². The molecule has 0 heterocycles. The van der Waals surface area contributed by atoms with Crippen LogP contribution in [0, 0.1) is 11.2 Å². The number of benzene rings is 1. The van der Waals surface area contributed by atoms with Crippen molar-refractivity contribution >= 4 is 18.2 Å². The summed E-state index contributed by atoms with van der Waals surface area (Å²) in [6.45, 7) is 0. The van der Waals surface area contributed by atoms with Gasteiger partial charge in [-0.15, -0.1) is 12.4 Å². The van der Waals surface area contributed by atoms with Crippen molar-refractivity contribution in [2.45, 2.75) is 6.42 Å². The molecule has 0 unspecified atom stereocenters. The molecule has 4 heteroatoms. The smallest absolute Gasteiger partial charge is 0.123 e. The summed E-state index contributed by atoms with van der Waals surface area (Å²) in [4.78, 5) is 0. The molecule has 12 heavy (non-hydrogen) atoms. The van der Waals surface area contributed by atoms with E-state index in [9.17, 15) is 4.39 Å². The quantitative estimate of drug-likeness (QED) is 0.539. The van der Waals surface area contributed by atoms with Crippen LogP contribution in [0.25, 0.3) is 0 Å². The summed E-state index contributed by atoms with van der Waals surface area (Å²) in [7, 11) is 0. The maximum atomic E-state index is 12.5. The molecular weight excluding hydrogens is 179 g/mol. The lowest BCUT2D eigenvalue weighted by Gasteiger charge is -1.97. The molecule has 0 aliphatic heterocycles. The lowest BCUT2D eigenvalue weighted by atomic mass is 10.1. The summed E-state index contributed by atoms with van der Waals surface area (Å²) in [5, 5.41) is 6.96. The van der Waals surface area contributed by atoms with Crippen molar-refractivity contribution in [3.05, 3.63) is 35.6 Å². The molecule has 0 saturated heterocycles. The number of halogens is 2. The topological polar surface area (TPSA) is 49.9 Å². The zero-order valence-electron chi connectivity index (χ0n) is 6.38. The summed E-state index contributed by atoms with van der Waals surface area (Å²) in [5.41, 5.74) is 5.87. The molecule has 0 aliphatic rings. The van der Waals surface area contributed by atoms with Crippen LogP contribution in [0.4, 0.5) is 4.39 Å². The van der Waals surface area contributed by atoms with E-state index in [-0.39, 0.29) is 24.1 Å². The van der Waals surface area contributed by atoms with E-state index in [2.05, 4.69) is 0 Å². The standard InChI is InChI=1S/C8H9FN2.ClH/c9-7-3-1-2-6(4-7)5-8(10)11;/h1-4H,5H2,(H3,10,11);1H. The van der Waals surface area contributed by atoms with E-state index in [1.807, 2.05) is 0 Å². The molecule has 3 N–H and O–H groups in total. The molecule has 1 rings (SSSR count). The fourth-order valence-corrected chi connectivity index (χ4v) is 0.867. The maximum Gasteiger partial charge on any atom is 0.123 e. The Morgan fingerprint density at radius 1 is 1.50 bits per heavy atom. The average Bonchev–Trinajstić information content (AvgIpc) is 1.85. The van der Waals surface area contributed by atoms with E-state index in [0.29, 0.717) is 6.42 Å². The van der Waals surface area contributed by atoms with Gasteiger partial charge in [0.25, 0.3) is 0 Å². The second-order valence-corrected chi connectivity index (χ2v) is 2.33. The Kier molecular flexibility index (Phi) is 4.29. The number of hydrogen-bond acceptors (Lipinski definition) is 1. The van der Waals surface area contributed by atoms with Crippen LogP contribution in [-0.2, 0) is 6.42 Å². The van der Waals surface area contributed by atoms with Crippen LogP contribution in [0.15, 0.2) is 24.3 Å². The van der Waals surface area contributed by atoms with Gasteiger partial charge in [0.1, 0.15) is 5.82 Å². The van der Waals surface area contributed by atoms with Crippen LogP contribution >= 0.6 is 12.4 Å². The van der Waals surface area contributed by atoms with Crippen LogP contribution in [0.2, 0.25) is 0 Å². The van der Waals surface area contributed by atoms with Crippen molar-refractivity contribution < 1.29 is 4.39 Å². The van der Waals surface area contributed by atoms with Crippen molar-refractivity contribution in [3.8, 4) is 0 Å². The van der Waals surface area contributed by atoms with Crippen LogP contribution in [-0.4, -0.2) is 5.84 Å². The summed E-state index contributed by atoms with van der Waals surface area (Å²) in [6, 6.07) is 6.09. The van der Waals surface area contributed by atoms with Crippen LogP contribution in [0.5, 0.6) is 0 Å². The molecule has 0 atom stereocenters. The van der Waals surface area contributed by atoms with E-state index in [1.165, 1.54) is 12.1 Å². The average molecular weight is 189 g/mol. The molecule has 2 nitrogen and oxygen atoms in total. The molecule has 0 aliphatic carbocycles. The minimum Gasteiger partial charge on any atom is -0.387 e. The molecule has 0 saturated carbocycles. The van der Waals surface area contributed by atoms with E-state index in [0.717, 1.165) is 5.56 Å². The Bertz CT molecular complexity index is 276. The molecule has 0 fully saturated rings. The van der Waals surface area contributed by atoms with Gasteiger partial charge in [-0.1, -0.05) is 12.1 Å². The number of amidine groups is 1. The molecule has 1 aromatic carbocycles. The van der Waals surface area contributed by atoms with Gasteiger partial charge in [0.2, 0.25) is 0 Å². The van der Waals surface area contributed by atoms with Crippen molar-refractivity contribution in [3.63, 3.8) is 0 Å². The van der Waals surface area contributed by atoms with E-state index >= 15 is 0 Å². The highest BCUT2D eigenvalue weighted by molar-refractivity contribution is 5.85. The number of nitrogens with one attached hydrogen (secondary N) is 1. The Morgan fingerprint density at radius 2 is 2.17 bits per heavy atom. The highest BCUT2D eigenvalue weighted by atomic mass is 35.5. The lowest BCUT2D eigenvalue weighted by Crippen LogP contribution is -2.12. The Balaban J connectivity index is 0.00000121. The summed E-state index contributed by atoms with van der Waals surface area (Å²) in [6.07, 6.45) is 0.317. The molecule has 0 amide bonds. The maximum absolute atomic E-state index is 12.5. The highest BCUT2D eigenvalue weighted by Crippen LogP contribution is 2.03. The minimum absolute atomic E-state index is 0. The monoisotopic (exact) mass is 188 g/mol. The second kappa shape index (κ2) is 4.72. The van der Waals surface area contributed by atoms with Crippen LogP contribution in [0.1, 0.15) is 5.56 Å². The van der Waals surface area contributed by atoms with Crippen molar-refractivity contribution in [1.82, 2.24) is 0 Å². The zero-order valence-corrected chi connectivity index (χ0v) is 7.20. The minimum atomic E-state index is -0.288. The first-order chi connectivity index (χ1) is 5.18. The van der Waals surface area contributed by atoms with Gasteiger partial charge in [-0.25, -0.2) is 4.39 Å². The molecular formula is C8H10ClFN2. The Hall–Kier alpha value is -1.09. The van der Waals surface area contributed by atoms with Gasteiger partial charge in [0, 0.05) is 6.42 Å². The van der Waals surface area contributed by atoms with Crippen LogP contribution < -0.4 is 5.73 Å². The second-order valence-electron chi connectivity index (χ2n) is 2.33. The molecule has 0 bridgehead atoms. The number of rotatable bonds is 2. The van der Waals surface area contributed by atoms with Crippen molar-refractivity contribution in [2.24, 2.45) is 5.73 Å². The van der Waals surface area contributed by atoms with E-state index < -0.39 is 0 Å². The number of nitrogens with two attached hydrogens (primary N) is 1. The first-order valence-corrected chi connectivity index (χ1v) is 3.26. The van der Waals surface area contributed by atoms with Gasteiger partial charge in [0.05, 0.1) is 5.84 Å². The van der Waals surface area contributed by atoms with Crippen LogP contribution in [0.3, 0.4) is 0 Å². The van der Waals surface area contributed by atoms with Crippen molar-refractivity contribution in [1.29, 1.82) is 5.41 Å². The van der Waals surface area contributed by atoms with E-state index in [4.69, 9.17) is 11.1 Å². The van der Waals surface area contributed by atoms with Gasteiger partial charge in [-0.3, -0.25) is 5.41 Å². The van der Waals surface area contributed by atoms with Gasteiger partial charge >= 0.3 is 0 Å². The third-order valence-corrected chi connectivity index (χ3v) is 1.28.